The van der Waals surface area contributed by atoms with Gasteiger partial charge in [-0.3, -0.25) is 0 Å². The first-order valence-corrected chi connectivity index (χ1v) is 7.03. The molecule has 0 radical (unpaired) electrons. The second-order valence-electron chi connectivity index (χ2n) is 6.92. The second kappa shape index (κ2) is 6.37. The quantitative estimate of drug-likeness (QED) is 0.744. The van der Waals surface area contributed by atoms with Gasteiger partial charge in [0.1, 0.15) is 0 Å². The van der Waals surface area contributed by atoms with Crippen LogP contribution in [0.3, 0.4) is 0 Å². The number of nitrogens with zero attached hydrogens (tertiary/aromatic N) is 2. The third kappa shape index (κ3) is 6.57. The Hall–Kier alpha value is -1.10. The zero-order valence-electron chi connectivity index (χ0n) is 13.1. The minimum absolute atomic E-state index is 0.0705. The minimum Gasteiger partial charge on any atom is -0.407 e. The first-order valence-electron chi connectivity index (χ1n) is 7.03. The second-order valence-corrected chi connectivity index (χ2v) is 6.92. The molecule has 19 heavy (non-hydrogen) atoms. The number of nitrogens with one attached hydrogen (secondary N) is 2. The van der Waals surface area contributed by atoms with Crippen LogP contribution in [0.5, 0.6) is 0 Å². The van der Waals surface area contributed by atoms with Gasteiger partial charge >= 0.3 is 6.01 Å². The highest BCUT2D eigenvalue weighted by atomic mass is 16.4. The van der Waals surface area contributed by atoms with Crippen LogP contribution in [0.2, 0.25) is 0 Å². The molecule has 0 saturated heterocycles. The summed E-state index contributed by atoms with van der Waals surface area (Å²) < 4.78 is 5.58. The molecule has 0 atom stereocenters. The topological polar surface area (TPSA) is 63.0 Å². The molecule has 0 fully saturated rings. The van der Waals surface area contributed by atoms with E-state index in [1.165, 1.54) is 0 Å². The Morgan fingerprint density at radius 2 is 1.79 bits per heavy atom. The van der Waals surface area contributed by atoms with Gasteiger partial charge in [0, 0.05) is 5.54 Å². The Morgan fingerprint density at radius 1 is 1.11 bits per heavy atom. The van der Waals surface area contributed by atoms with Crippen molar-refractivity contribution in [1.82, 2.24) is 15.5 Å². The van der Waals surface area contributed by atoms with E-state index in [2.05, 4.69) is 62.4 Å². The van der Waals surface area contributed by atoms with Crippen LogP contribution in [0.15, 0.2) is 4.42 Å². The summed E-state index contributed by atoms with van der Waals surface area (Å²) in [5.74, 6) is 0.627. The van der Waals surface area contributed by atoms with Crippen LogP contribution in [-0.2, 0) is 6.54 Å². The van der Waals surface area contributed by atoms with Crippen molar-refractivity contribution >= 4 is 6.01 Å². The summed E-state index contributed by atoms with van der Waals surface area (Å²) in [5, 5.41) is 14.6. The molecular formula is C14H28N4O. The molecule has 0 aliphatic heterocycles. The van der Waals surface area contributed by atoms with Crippen LogP contribution in [0.1, 0.15) is 60.3 Å². The summed E-state index contributed by atoms with van der Waals surface area (Å²) in [7, 11) is 0. The van der Waals surface area contributed by atoms with Crippen molar-refractivity contribution < 1.29 is 4.42 Å². The third-order valence-corrected chi connectivity index (χ3v) is 2.59. The third-order valence-electron chi connectivity index (χ3n) is 2.59. The predicted octanol–water partition coefficient (Wildman–Crippen LogP) is 3.20. The Kier molecular flexibility index (Phi) is 5.35. The van der Waals surface area contributed by atoms with Gasteiger partial charge in [0.25, 0.3) is 0 Å². The highest BCUT2D eigenvalue weighted by Crippen LogP contribution is 2.29. The number of hydrogen-bond acceptors (Lipinski definition) is 5. The van der Waals surface area contributed by atoms with Crippen molar-refractivity contribution in [2.45, 2.75) is 66.5 Å². The first kappa shape index (κ1) is 16.0. The largest absolute Gasteiger partial charge is 0.407 e. The molecule has 0 aliphatic carbocycles. The van der Waals surface area contributed by atoms with E-state index >= 15 is 0 Å². The summed E-state index contributed by atoms with van der Waals surface area (Å²) in [6.45, 7) is 14.7. The lowest BCUT2D eigenvalue weighted by Gasteiger charge is -2.32. The molecule has 0 aromatic carbocycles. The lowest BCUT2D eigenvalue weighted by Crippen LogP contribution is -2.35. The van der Waals surface area contributed by atoms with Gasteiger partial charge in [0.15, 0.2) is 0 Å². The van der Waals surface area contributed by atoms with Gasteiger partial charge in [-0.05, 0) is 38.6 Å². The molecule has 110 valence electrons. The van der Waals surface area contributed by atoms with Crippen LogP contribution >= 0.6 is 0 Å². The predicted molar refractivity (Wildman–Crippen MR) is 78.1 cm³/mol. The number of hydrogen-bond donors (Lipinski definition) is 2. The fourth-order valence-corrected chi connectivity index (χ4v) is 2.41. The SMILES string of the molecule is CCCNCc1nnc(NC(C)(C)CC(C)(C)C)o1. The molecule has 5 heteroatoms. The fraction of sp³-hybridized carbons (Fsp3) is 0.857. The number of aromatic nitrogens is 2. The zero-order valence-corrected chi connectivity index (χ0v) is 13.1. The molecule has 0 bridgehead atoms. The van der Waals surface area contributed by atoms with E-state index in [0.717, 1.165) is 19.4 Å². The van der Waals surface area contributed by atoms with E-state index in [4.69, 9.17) is 4.42 Å². The molecule has 5 nitrogen and oxygen atoms in total. The van der Waals surface area contributed by atoms with Crippen molar-refractivity contribution in [2.75, 3.05) is 11.9 Å². The van der Waals surface area contributed by atoms with E-state index in [0.29, 0.717) is 18.5 Å². The number of anilines is 1. The maximum Gasteiger partial charge on any atom is 0.315 e. The summed E-state index contributed by atoms with van der Waals surface area (Å²) in [4.78, 5) is 0. The normalized spacial score (nSPS) is 12.7. The van der Waals surface area contributed by atoms with Crippen LogP contribution < -0.4 is 10.6 Å². The lowest BCUT2D eigenvalue weighted by atomic mass is 9.82. The van der Waals surface area contributed by atoms with Gasteiger partial charge in [-0.2, -0.15) is 0 Å². The van der Waals surface area contributed by atoms with Crippen molar-refractivity contribution in [3.05, 3.63) is 5.89 Å². The molecule has 1 aromatic rings. The average Bonchev–Trinajstić information content (AvgIpc) is 2.61. The van der Waals surface area contributed by atoms with Crippen molar-refractivity contribution in [2.24, 2.45) is 5.41 Å². The summed E-state index contributed by atoms with van der Waals surface area (Å²) in [5.41, 5.74) is 0.181. The average molecular weight is 268 g/mol. The Balaban J connectivity index is 2.52. The Bertz CT molecular complexity index is 379. The van der Waals surface area contributed by atoms with Gasteiger partial charge in [-0.1, -0.05) is 32.8 Å². The molecular weight excluding hydrogens is 240 g/mol. The zero-order chi connectivity index (χ0) is 14.5. The summed E-state index contributed by atoms with van der Waals surface area (Å²) in [6.07, 6.45) is 2.11. The maximum atomic E-state index is 5.58. The summed E-state index contributed by atoms with van der Waals surface area (Å²) in [6, 6.07) is 0.502. The molecule has 0 amide bonds. The van der Waals surface area contributed by atoms with Crippen molar-refractivity contribution in [3.8, 4) is 0 Å². The van der Waals surface area contributed by atoms with Gasteiger partial charge in [0.2, 0.25) is 5.89 Å². The van der Waals surface area contributed by atoms with E-state index in [-0.39, 0.29) is 11.0 Å². The number of rotatable bonds is 7. The first-order chi connectivity index (χ1) is 8.72. The molecule has 0 aliphatic rings. The molecule has 0 spiro atoms. The fourth-order valence-electron chi connectivity index (χ4n) is 2.41. The molecule has 1 aromatic heterocycles. The highest BCUT2D eigenvalue weighted by molar-refractivity contribution is 5.22. The maximum absolute atomic E-state index is 5.58. The van der Waals surface area contributed by atoms with Gasteiger partial charge in [0.05, 0.1) is 6.54 Å². The highest BCUT2D eigenvalue weighted by Gasteiger charge is 2.26. The molecule has 1 heterocycles. The molecule has 1 rings (SSSR count). The van der Waals surface area contributed by atoms with E-state index in [1.54, 1.807) is 0 Å². The van der Waals surface area contributed by atoms with Gasteiger partial charge in [-0.15, -0.1) is 5.10 Å². The minimum atomic E-state index is -0.0705. The van der Waals surface area contributed by atoms with Gasteiger partial charge in [-0.25, -0.2) is 0 Å². The van der Waals surface area contributed by atoms with Crippen LogP contribution in [0.25, 0.3) is 0 Å². The van der Waals surface area contributed by atoms with Gasteiger partial charge < -0.3 is 15.1 Å². The Morgan fingerprint density at radius 3 is 2.37 bits per heavy atom. The standard InChI is InChI=1S/C14H28N4O/c1-7-8-15-9-11-17-18-12(19-11)16-14(5,6)10-13(2,3)4/h15H,7-10H2,1-6H3,(H,16,18). The molecule has 2 N–H and O–H groups in total. The van der Waals surface area contributed by atoms with E-state index in [1.807, 2.05) is 0 Å². The lowest BCUT2D eigenvalue weighted by molar-refractivity contribution is 0.297. The van der Waals surface area contributed by atoms with Crippen molar-refractivity contribution in [1.29, 1.82) is 0 Å². The monoisotopic (exact) mass is 268 g/mol. The van der Waals surface area contributed by atoms with Crippen LogP contribution in [-0.4, -0.2) is 22.3 Å². The van der Waals surface area contributed by atoms with E-state index in [9.17, 15) is 0 Å². The van der Waals surface area contributed by atoms with Crippen molar-refractivity contribution in [3.63, 3.8) is 0 Å². The summed E-state index contributed by atoms with van der Waals surface area (Å²) >= 11 is 0. The molecule has 0 unspecified atom stereocenters. The Labute approximate surface area is 116 Å². The van der Waals surface area contributed by atoms with Crippen LogP contribution in [0, 0.1) is 5.41 Å². The van der Waals surface area contributed by atoms with Crippen LogP contribution in [0.4, 0.5) is 6.01 Å². The smallest absolute Gasteiger partial charge is 0.315 e. The molecule has 0 saturated carbocycles. The van der Waals surface area contributed by atoms with E-state index < -0.39 is 0 Å².